The van der Waals surface area contributed by atoms with E-state index in [4.69, 9.17) is 0 Å². The van der Waals surface area contributed by atoms with E-state index in [0.717, 1.165) is 0 Å². The number of hydrogen-bond acceptors (Lipinski definition) is 4. The Morgan fingerprint density at radius 2 is 0.944 bits per heavy atom. The monoisotopic (exact) mass is 272 g/mol. The molecule has 0 bridgehead atoms. The Labute approximate surface area is 117 Å². The molecule has 0 fully saturated rings. The molecule has 0 aromatic heterocycles. The van der Waals surface area contributed by atoms with Gasteiger partial charge in [-0.15, -0.1) is 0 Å². The molecular formula is C14H40O4. The Morgan fingerprint density at radius 1 is 0.722 bits per heavy atom. The second-order valence-electron chi connectivity index (χ2n) is 2.28. The zero-order valence-corrected chi connectivity index (χ0v) is 8.05. The van der Waals surface area contributed by atoms with Crippen LogP contribution in [0.2, 0.25) is 0 Å². The maximum atomic E-state index is 10.0. The van der Waals surface area contributed by atoms with Crippen molar-refractivity contribution in [1.82, 2.24) is 0 Å². The van der Waals surface area contributed by atoms with Crippen molar-refractivity contribution in [3.05, 3.63) is 0 Å². The van der Waals surface area contributed by atoms with Crippen LogP contribution in [0.15, 0.2) is 0 Å². The molecule has 0 aliphatic rings. The minimum Gasteiger partial charge on any atom is -0.359 e. The second kappa shape index (κ2) is 44.2. The van der Waals surface area contributed by atoms with Crippen molar-refractivity contribution in [2.24, 2.45) is 0 Å². The molecule has 4 nitrogen and oxygen atoms in total. The third-order valence-corrected chi connectivity index (χ3v) is 0.734. The Balaban J connectivity index is -0.0000000142. The van der Waals surface area contributed by atoms with E-state index in [2.05, 4.69) is 9.47 Å². The van der Waals surface area contributed by atoms with Gasteiger partial charge in [-0.2, -0.15) is 0 Å². The molecule has 120 valence electrons. The second-order valence-corrected chi connectivity index (χ2v) is 2.28. The lowest BCUT2D eigenvalue weighted by Gasteiger charge is -1.87. The highest BCUT2D eigenvalue weighted by Crippen LogP contribution is 1.80. The summed E-state index contributed by atoms with van der Waals surface area (Å²) < 4.78 is 8.94. The zero-order valence-electron chi connectivity index (χ0n) is 8.05. The molecule has 0 radical (unpaired) electrons. The van der Waals surface area contributed by atoms with E-state index in [0.29, 0.717) is 6.79 Å². The van der Waals surface area contributed by atoms with Gasteiger partial charge in [-0.05, 0) is 13.8 Å². The molecule has 18 heavy (non-hydrogen) atoms. The molecule has 0 N–H and O–H groups in total. The highest BCUT2D eigenvalue weighted by atomic mass is 16.6. The first-order chi connectivity index (χ1) is 5.54. The van der Waals surface area contributed by atoms with Crippen LogP contribution in [-0.4, -0.2) is 32.6 Å². The van der Waals surface area contributed by atoms with E-state index in [1.807, 2.05) is 0 Å². The predicted molar refractivity (Wildman–Crippen MR) is 85.3 cm³/mol. The fraction of sp³-hybridized carbons (Fsp3) is 0.857. The van der Waals surface area contributed by atoms with Gasteiger partial charge in [0.05, 0.1) is 6.42 Å². The molecule has 0 rings (SSSR count). The van der Waals surface area contributed by atoms with Gasteiger partial charge in [0.1, 0.15) is 18.4 Å². The van der Waals surface area contributed by atoms with Crippen LogP contribution in [0, 0.1) is 0 Å². The van der Waals surface area contributed by atoms with E-state index in [9.17, 15) is 9.59 Å². The zero-order chi connectivity index (χ0) is 9.98. The average Bonchev–Trinajstić information content (AvgIpc) is 1.87. The highest BCUT2D eigenvalue weighted by Gasteiger charge is 1.94. The largest absolute Gasteiger partial charge is 0.359 e. The summed E-state index contributed by atoms with van der Waals surface area (Å²) in [7, 11) is 3.17. The SMILES string of the molecule is C.C.C.C.C.C.CC(=O)CC(C)=O.COCOC. The van der Waals surface area contributed by atoms with E-state index in [-0.39, 0.29) is 62.5 Å². The van der Waals surface area contributed by atoms with Crippen molar-refractivity contribution >= 4 is 11.6 Å². The summed E-state index contributed by atoms with van der Waals surface area (Å²) in [5.41, 5.74) is 0. The van der Waals surface area contributed by atoms with Crippen LogP contribution in [0.4, 0.5) is 0 Å². The minimum absolute atomic E-state index is 0. The Hall–Kier alpha value is -0.740. The lowest BCUT2D eigenvalue weighted by Crippen LogP contribution is -1.97. The fourth-order valence-corrected chi connectivity index (χ4v) is 0.468. The summed E-state index contributed by atoms with van der Waals surface area (Å²) >= 11 is 0. The van der Waals surface area contributed by atoms with Gasteiger partial charge in [-0.1, -0.05) is 44.6 Å². The number of hydrogen-bond donors (Lipinski definition) is 0. The molecule has 0 atom stereocenters. The van der Waals surface area contributed by atoms with E-state index in [1.165, 1.54) is 13.8 Å². The van der Waals surface area contributed by atoms with Gasteiger partial charge in [-0.25, -0.2) is 0 Å². The normalized spacial score (nSPS) is 5.56. The topological polar surface area (TPSA) is 52.6 Å². The van der Waals surface area contributed by atoms with Crippen LogP contribution in [0.1, 0.15) is 64.8 Å². The van der Waals surface area contributed by atoms with Crippen LogP contribution in [0.25, 0.3) is 0 Å². The number of methoxy groups -OCH3 is 2. The van der Waals surface area contributed by atoms with Gasteiger partial charge in [0.2, 0.25) is 0 Å². The molecule has 0 saturated heterocycles. The van der Waals surface area contributed by atoms with E-state index in [1.54, 1.807) is 14.2 Å². The first-order valence-corrected chi connectivity index (χ1v) is 3.51. The van der Waals surface area contributed by atoms with Crippen LogP contribution in [0.5, 0.6) is 0 Å². The van der Waals surface area contributed by atoms with Crippen LogP contribution >= 0.6 is 0 Å². The molecular weight excluding hydrogens is 232 g/mol. The first-order valence-electron chi connectivity index (χ1n) is 3.51. The minimum atomic E-state index is -0.0625. The van der Waals surface area contributed by atoms with Crippen LogP contribution < -0.4 is 0 Å². The van der Waals surface area contributed by atoms with Gasteiger partial charge < -0.3 is 9.47 Å². The number of carbonyl (C=O) groups excluding carboxylic acids is 2. The van der Waals surface area contributed by atoms with Gasteiger partial charge in [0, 0.05) is 14.2 Å². The summed E-state index contributed by atoms with van der Waals surface area (Å²) in [5.74, 6) is -0.125. The van der Waals surface area contributed by atoms with Crippen molar-refractivity contribution in [1.29, 1.82) is 0 Å². The summed E-state index contributed by atoms with van der Waals surface area (Å²) in [6, 6.07) is 0. The van der Waals surface area contributed by atoms with Crippen molar-refractivity contribution in [3.63, 3.8) is 0 Å². The standard InChI is InChI=1S/C5H8O2.C3H8O2.6CH4/c1-4(6)3-5(2)7;1-4-3-5-2;;;;;;/h3H2,1-2H3;3H2,1-2H3;6*1H4. The number of carbonyl (C=O) groups is 2. The van der Waals surface area contributed by atoms with Gasteiger partial charge in [-0.3, -0.25) is 9.59 Å². The molecule has 0 aromatic carbocycles. The summed E-state index contributed by atoms with van der Waals surface area (Å²) in [4.78, 5) is 20.1. The first kappa shape index (κ1) is 53.2. The molecule has 0 heterocycles. The Bertz CT molecular complexity index is 120. The molecule has 0 aliphatic carbocycles. The summed E-state index contributed by atoms with van der Waals surface area (Å²) in [6.07, 6.45) is 0.0833. The molecule has 0 aromatic rings. The summed E-state index contributed by atoms with van der Waals surface area (Å²) in [6.45, 7) is 3.20. The number of ketones is 2. The average molecular weight is 272 g/mol. The van der Waals surface area contributed by atoms with Gasteiger partial charge in [0.15, 0.2) is 0 Å². The third-order valence-electron chi connectivity index (χ3n) is 0.734. The van der Waals surface area contributed by atoms with Crippen molar-refractivity contribution in [3.8, 4) is 0 Å². The fourth-order valence-electron chi connectivity index (χ4n) is 0.468. The summed E-state index contributed by atoms with van der Waals surface area (Å²) in [5, 5.41) is 0. The van der Waals surface area contributed by atoms with Gasteiger partial charge >= 0.3 is 0 Å². The smallest absolute Gasteiger partial charge is 0.145 e. The lowest BCUT2D eigenvalue weighted by atomic mass is 10.2. The third kappa shape index (κ3) is 112. The Kier molecular flexibility index (Phi) is 131. The molecule has 0 saturated carbocycles. The number of Topliss-reactive ketones (excluding diaryl/α,β-unsaturated/α-hetero) is 2. The molecule has 0 spiro atoms. The van der Waals surface area contributed by atoms with Crippen molar-refractivity contribution in [2.45, 2.75) is 64.8 Å². The molecule has 4 heteroatoms. The molecule has 0 aliphatic heterocycles. The Morgan fingerprint density at radius 3 is 0.944 bits per heavy atom. The van der Waals surface area contributed by atoms with Crippen LogP contribution in [0.3, 0.4) is 0 Å². The van der Waals surface area contributed by atoms with Gasteiger partial charge in [0.25, 0.3) is 0 Å². The van der Waals surface area contributed by atoms with E-state index >= 15 is 0 Å². The molecule has 0 amide bonds. The maximum absolute atomic E-state index is 10.0. The predicted octanol–water partition coefficient (Wildman–Crippen LogP) is 4.61. The number of rotatable bonds is 4. The quantitative estimate of drug-likeness (QED) is 0.554. The van der Waals surface area contributed by atoms with Crippen LogP contribution in [-0.2, 0) is 19.1 Å². The van der Waals surface area contributed by atoms with E-state index < -0.39 is 0 Å². The number of ether oxygens (including phenoxy) is 2. The highest BCUT2D eigenvalue weighted by molar-refractivity contribution is 5.96. The van der Waals surface area contributed by atoms with Crippen molar-refractivity contribution in [2.75, 3.05) is 21.0 Å². The maximum Gasteiger partial charge on any atom is 0.145 e. The molecule has 0 unspecified atom stereocenters. The lowest BCUT2D eigenvalue weighted by molar-refractivity contribution is -0.124. The van der Waals surface area contributed by atoms with Crippen molar-refractivity contribution < 1.29 is 19.1 Å².